The Balaban J connectivity index is 3.14. The lowest BCUT2D eigenvalue weighted by atomic mass is 10.2. The molecule has 0 aliphatic heterocycles. The summed E-state index contributed by atoms with van der Waals surface area (Å²) in [4.78, 5) is 20.5. The predicted molar refractivity (Wildman–Crippen MR) is 69.4 cm³/mol. The molecule has 1 aromatic heterocycles. The Bertz CT molecular complexity index is 639. The summed E-state index contributed by atoms with van der Waals surface area (Å²) in [5, 5.41) is 28.6. The second-order valence-electron chi connectivity index (χ2n) is 3.66. The number of aliphatic hydroxyl groups excluding tert-OH is 1. The molecule has 112 valence electrons. The fourth-order valence-electron chi connectivity index (χ4n) is 1.18. The van der Waals surface area contributed by atoms with Gasteiger partial charge in [-0.3, -0.25) is 14.9 Å². The first kappa shape index (κ1) is 16.8. The molecule has 1 rings (SSSR count). The highest BCUT2D eigenvalue weighted by atomic mass is 35.5. The Morgan fingerprint density at radius 3 is 2.50 bits per heavy atom. The number of halogens is 1. The Morgan fingerprint density at radius 1 is 1.60 bits per heavy atom. The molecule has 0 aromatic carbocycles. The highest BCUT2D eigenvalue weighted by Crippen LogP contribution is 2.36. The summed E-state index contributed by atoms with van der Waals surface area (Å²) in [7, 11) is -4.35. The van der Waals surface area contributed by atoms with Crippen LogP contribution < -0.4 is 4.72 Å². The van der Waals surface area contributed by atoms with Gasteiger partial charge in [0.05, 0.1) is 11.0 Å². The second kappa shape index (κ2) is 6.01. The van der Waals surface area contributed by atoms with Gasteiger partial charge in [0.25, 0.3) is 15.7 Å². The molecule has 0 aliphatic carbocycles. The van der Waals surface area contributed by atoms with Crippen LogP contribution in [0.3, 0.4) is 0 Å². The number of carboxylic acids is 1. The first-order valence-corrected chi connectivity index (χ1v) is 7.61. The van der Waals surface area contributed by atoms with Gasteiger partial charge in [0.2, 0.25) is 0 Å². The van der Waals surface area contributed by atoms with E-state index in [4.69, 9.17) is 16.7 Å². The van der Waals surface area contributed by atoms with Crippen LogP contribution in [0.4, 0.5) is 5.69 Å². The maximum atomic E-state index is 11.9. The number of thiophene rings is 1. The van der Waals surface area contributed by atoms with Gasteiger partial charge in [0.1, 0.15) is 10.3 Å². The molecule has 2 atom stereocenters. The van der Waals surface area contributed by atoms with Crippen LogP contribution in [0.1, 0.15) is 6.92 Å². The van der Waals surface area contributed by atoms with Crippen molar-refractivity contribution in [3.63, 3.8) is 0 Å². The molecule has 0 aliphatic rings. The third-order valence-corrected chi connectivity index (χ3v) is 5.39. The molecule has 0 fully saturated rings. The average molecular weight is 345 g/mol. The van der Waals surface area contributed by atoms with E-state index < -0.39 is 43.0 Å². The first-order valence-electron chi connectivity index (χ1n) is 4.93. The van der Waals surface area contributed by atoms with Gasteiger partial charge >= 0.3 is 5.97 Å². The van der Waals surface area contributed by atoms with Crippen LogP contribution in [0.5, 0.6) is 0 Å². The molecule has 0 spiro atoms. The van der Waals surface area contributed by atoms with E-state index >= 15 is 0 Å². The van der Waals surface area contributed by atoms with Gasteiger partial charge in [-0.15, -0.1) is 11.3 Å². The highest BCUT2D eigenvalue weighted by molar-refractivity contribution is 7.91. The van der Waals surface area contributed by atoms with E-state index in [9.17, 15) is 28.4 Å². The third kappa shape index (κ3) is 3.64. The molecule has 1 aromatic rings. The summed E-state index contributed by atoms with van der Waals surface area (Å²) >= 11 is 5.94. The van der Waals surface area contributed by atoms with Gasteiger partial charge < -0.3 is 10.2 Å². The molecule has 0 amide bonds. The van der Waals surface area contributed by atoms with E-state index in [0.29, 0.717) is 11.3 Å². The number of hydrogen-bond donors (Lipinski definition) is 3. The van der Waals surface area contributed by atoms with Crippen molar-refractivity contribution >= 4 is 44.6 Å². The maximum Gasteiger partial charge on any atom is 0.324 e. The topological polar surface area (TPSA) is 147 Å². The molecule has 1 heterocycles. The van der Waals surface area contributed by atoms with Crippen molar-refractivity contribution in [1.29, 1.82) is 0 Å². The number of rotatable bonds is 6. The van der Waals surface area contributed by atoms with E-state index in [1.54, 1.807) is 4.72 Å². The number of carbonyl (C=O) groups is 1. The zero-order chi connectivity index (χ0) is 15.7. The zero-order valence-electron chi connectivity index (χ0n) is 9.81. The number of aliphatic carboxylic acids is 1. The van der Waals surface area contributed by atoms with Crippen LogP contribution in [0.2, 0.25) is 4.34 Å². The molecular weight excluding hydrogens is 336 g/mol. The summed E-state index contributed by atoms with van der Waals surface area (Å²) in [6.07, 6.45) is -1.49. The van der Waals surface area contributed by atoms with E-state index in [1.165, 1.54) is 0 Å². The second-order valence-corrected chi connectivity index (χ2v) is 7.25. The highest BCUT2D eigenvalue weighted by Gasteiger charge is 2.32. The number of nitrogens with zero attached hydrogens (tertiary/aromatic N) is 1. The van der Waals surface area contributed by atoms with Gasteiger partial charge in [-0.2, -0.15) is 4.72 Å². The lowest BCUT2D eigenvalue weighted by Crippen LogP contribution is -2.47. The molecule has 3 N–H and O–H groups in total. The number of carboxylic acid groups (broad SMARTS) is 1. The largest absolute Gasteiger partial charge is 0.480 e. The summed E-state index contributed by atoms with van der Waals surface area (Å²) in [5.41, 5.74) is -0.596. The SMILES string of the molecule is CC(O)C(NS(=O)(=O)c1cc([N+](=O)[O-])c(Cl)s1)C(=O)O. The normalized spacial score (nSPS) is 14.8. The molecule has 12 heteroatoms. The van der Waals surface area contributed by atoms with Crippen LogP contribution >= 0.6 is 22.9 Å². The fraction of sp³-hybridized carbons (Fsp3) is 0.375. The molecule has 2 unspecified atom stereocenters. The van der Waals surface area contributed by atoms with E-state index in [1.807, 2.05) is 0 Å². The van der Waals surface area contributed by atoms with Gasteiger partial charge in [-0.1, -0.05) is 11.6 Å². The molecular formula is C8H9ClN2O7S2. The standard InChI is InChI=1S/C8H9ClN2O7S2/c1-3(12)6(8(13)14)10-20(17,18)5-2-4(11(15)16)7(9)19-5/h2-3,6,10,12H,1H3,(H,13,14). The quantitative estimate of drug-likeness (QED) is 0.500. The summed E-state index contributed by atoms with van der Waals surface area (Å²) in [6, 6.07) is -1.06. The fourth-order valence-corrected chi connectivity index (χ4v) is 4.12. The maximum absolute atomic E-state index is 11.9. The molecule has 0 radical (unpaired) electrons. The number of nitro groups is 1. The van der Waals surface area contributed by atoms with Crippen LogP contribution in [-0.4, -0.2) is 41.7 Å². The smallest absolute Gasteiger partial charge is 0.324 e. The molecule has 20 heavy (non-hydrogen) atoms. The molecule has 0 bridgehead atoms. The van der Waals surface area contributed by atoms with Crippen LogP contribution in [0.15, 0.2) is 10.3 Å². The Kier molecular flexibility index (Phi) is 5.05. The first-order chi connectivity index (χ1) is 9.06. The monoisotopic (exact) mass is 344 g/mol. The summed E-state index contributed by atoms with van der Waals surface area (Å²) in [6.45, 7) is 1.09. The number of hydrogen-bond acceptors (Lipinski definition) is 7. The van der Waals surface area contributed by atoms with E-state index in [-0.39, 0.29) is 4.34 Å². The van der Waals surface area contributed by atoms with E-state index in [2.05, 4.69) is 0 Å². The number of aliphatic hydroxyl groups is 1. The van der Waals surface area contributed by atoms with E-state index in [0.717, 1.165) is 13.0 Å². The minimum Gasteiger partial charge on any atom is -0.480 e. The van der Waals surface area contributed by atoms with Crippen molar-refractivity contribution in [1.82, 2.24) is 4.72 Å². The molecule has 0 saturated heterocycles. The summed E-state index contributed by atoms with van der Waals surface area (Å²) < 4.78 is 24.6. The lowest BCUT2D eigenvalue weighted by molar-refractivity contribution is -0.384. The number of sulfonamides is 1. The van der Waals surface area contributed by atoms with Gasteiger partial charge in [-0.05, 0) is 6.92 Å². The zero-order valence-corrected chi connectivity index (χ0v) is 12.2. The average Bonchev–Trinajstić information content (AvgIpc) is 2.68. The van der Waals surface area contributed by atoms with Crippen molar-refractivity contribution < 1.29 is 28.3 Å². The Hall–Kier alpha value is -1.27. The molecule has 0 saturated carbocycles. The minimum atomic E-state index is -4.35. The van der Waals surface area contributed by atoms with Crippen LogP contribution in [0, 0.1) is 10.1 Å². The minimum absolute atomic E-state index is 0.348. The van der Waals surface area contributed by atoms with Crippen LogP contribution in [0.25, 0.3) is 0 Å². The Morgan fingerprint density at radius 2 is 2.15 bits per heavy atom. The lowest BCUT2D eigenvalue weighted by Gasteiger charge is -2.16. The summed E-state index contributed by atoms with van der Waals surface area (Å²) in [5.74, 6) is -1.58. The van der Waals surface area contributed by atoms with Crippen molar-refractivity contribution in [3.05, 3.63) is 20.5 Å². The Labute approximate surface area is 122 Å². The van der Waals surface area contributed by atoms with Crippen molar-refractivity contribution in [3.8, 4) is 0 Å². The predicted octanol–water partition coefficient (Wildman–Crippen LogP) is 0.422. The third-order valence-electron chi connectivity index (χ3n) is 2.14. The molecule has 9 nitrogen and oxygen atoms in total. The van der Waals surface area contributed by atoms with Crippen molar-refractivity contribution in [2.24, 2.45) is 0 Å². The van der Waals surface area contributed by atoms with Crippen molar-refractivity contribution in [2.75, 3.05) is 0 Å². The van der Waals surface area contributed by atoms with Gasteiger partial charge in [0, 0.05) is 6.07 Å². The van der Waals surface area contributed by atoms with Crippen molar-refractivity contribution in [2.45, 2.75) is 23.3 Å². The number of nitrogens with one attached hydrogen (secondary N) is 1. The van der Waals surface area contributed by atoms with Gasteiger partial charge in [0.15, 0.2) is 4.34 Å². The van der Waals surface area contributed by atoms with Crippen LogP contribution in [-0.2, 0) is 14.8 Å². The van der Waals surface area contributed by atoms with Gasteiger partial charge in [-0.25, -0.2) is 8.42 Å².